The van der Waals surface area contributed by atoms with E-state index < -0.39 is 0 Å². The smallest absolute Gasteiger partial charge is 0.157 e. The molecule has 0 saturated carbocycles. The molecule has 22 heavy (non-hydrogen) atoms. The van der Waals surface area contributed by atoms with Gasteiger partial charge in [0, 0.05) is 49.5 Å². The van der Waals surface area contributed by atoms with E-state index in [0.29, 0.717) is 12.5 Å². The van der Waals surface area contributed by atoms with Gasteiger partial charge in [0.15, 0.2) is 5.65 Å². The molecule has 3 heterocycles. The third-order valence-electron chi connectivity index (χ3n) is 4.72. The molecule has 6 heteroatoms. The van der Waals surface area contributed by atoms with Gasteiger partial charge >= 0.3 is 0 Å². The van der Waals surface area contributed by atoms with E-state index in [1.807, 2.05) is 4.52 Å². The van der Waals surface area contributed by atoms with E-state index in [1.54, 1.807) is 0 Å². The van der Waals surface area contributed by atoms with E-state index in [4.69, 9.17) is 20.6 Å². The zero-order valence-electron chi connectivity index (χ0n) is 12.8. The van der Waals surface area contributed by atoms with Crippen LogP contribution >= 0.6 is 0 Å². The maximum absolute atomic E-state index is 5.67. The van der Waals surface area contributed by atoms with Crippen LogP contribution in [0.15, 0.2) is 6.07 Å². The maximum atomic E-state index is 5.67. The molecule has 3 N–H and O–H groups in total. The first-order chi connectivity index (χ1) is 10.9. The Balaban J connectivity index is 1.77. The molecule has 2 aromatic rings. The molecule has 0 radical (unpaired) electrons. The summed E-state index contributed by atoms with van der Waals surface area (Å²) in [7, 11) is 0. The highest BCUT2D eigenvalue weighted by atomic mass is 16.5. The zero-order chi connectivity index (χ0) is 14.9. The Hall–Kier alpha value is -1.66. The van der Waals surface area contributed by atoms with Crippen molar-refractivity contribution in [1.29, 1.82) is 0 Å². The van der Waals surface area contributed by atoms with Crippen molar-refractivity contribution in [3.63, 3.8) is 0 Å². The minimum atomic E-state index is 0.493. The molecule has 6 nitrogen and oxygen atoms in total. The van der Waals surface area contributed by atoms with Gasteiger partial charge in [0.1, 0.15) is 5.82 Å². The third-order valence-corrected chi connectivity index (χ3v) is 4.72. The van der Waals surface area contributed by atoms with Crippen LogP contribution in [0, 0.1) is 0 Å². The zero-order valence-corrected chi connectivity index (χ0v) is 12.8. The van der Waals surface area contributed by atoms with E-state index in [-0.39, 0.29) is 0 Å². The summed E-state index contributed by atoms with van der Waals surface area (Å²) in [6, 6.07) is 2.15. The summed E-state index contributed by atoms with van der Waals surface area (Å²) in [5.74, 6) is 1.59. The maximum Gasteiger partial charge on any atom is 0.157 e. The van der Waals surface area contributed by atoms with Crippen molar-refractivity contribution < 1.29 is 4.74 Å². The molecule has 1 aliphatic heterocycles. The Labute approximate surface area is 130 Å². The standard InChI is InChI=1S/C16H23N5O/c17-6-7-18-16-12-2-1-3-13(12)19-15-10-14(20-21(15)16)11-4-8-22-9-5-11/h10-11,18H,1-9,17H2. The number of hydrogen-bond acceptors (Lipinski definition) is 5. The van der Waals surface area contributed by atoms with E-state index in [0.717, 1.165) is 62.6 Å². The van der Waals surface area contributed by atoms with Gasteiger partial charge in [0.25, 0.3) is 0 Å². The van der Waals surface area contributed by atoms with Crippen molar-refractivity contribution in [2.75, 3.05) is 31.6 Å². The number of rotatable bonds is 4. The lowest BCUT2D eigenvalue weighted by Crippen LogP contribution is -2.18. The van der Waals surface area contributed by atoms with Crippen molar-refractivity contribution >= 4 is 11.5 Å². The fourth-order valence-electron chi connectivity index (χ4n) is 3.57. The quantitative estimate of drug-likeness (QED) is 0.894. The minimum Gasteiger partial charge on any atom is -0.381 e. The summed E-state index contributed by atoms with van der Waals surface area (Å²) >= 11 is 0. The average molecular weight is 301 g/mol. The van der Waals surface area contributed by atoms with E-state index >= 15 is 0 Å². The number of ether oxygens (including phenoxy) is 1. The monoisotopic (exact) mass is 301 g/mol. The molecule has 1 aliphatic carbocycles. The second kappa shape index (κ2) is 5.85. The first-order valence-corrected chi connectivity index (χ1v) is 8.30. The molecule has 1 fully saturated rings. The summed E-state index contributed by atoms with van der Waals surface area (Å²) < 4.78 is 7.45. The fourth-order valence-corrected chi connectivity index (χ4v) is 3.57. The molecular weight excluding hydrogens is 278 g/mol. The van der Waals surface area contributed by atoms with Crippen LogP contribution in [0.25, 0.3) is 5.65 Å². The number of nitrogens with one attached hydrogen (secondary N) is 1. The third kappa shape index (κ3) is 2.36. The van der Waals surface area contributed by atoms with Gasteiger partial charge in [-0.1, -0.05) is 0 Å². The normalized spacial score (nSPS) is 18.8. The Bertz CT molecular complexity index is 675. The van der Waals surface area contributed by atoms with Gasteiger partial charge in [-0.3, -0.25) is 0 Å². The highest BCUT2D eigenvalue weighted by Gasteiger charge is 2.24. The molecule has 118 valence electrons. The Morgan fingerprint density at radius 1 is 1.32 bits per heavy atom. The van der Waals surface area contributed by atoms with Crippen LogP contribution in [0.3, 0.4) is 0 Å². The molecular formula is C16H23N5O. The molecule has 0 amide bonds. The number of aromatic nitrogens is 3. The molecule has 0 atom stereocenters. The lowest BCUT2D eigenvalue weighted by Gasteiger charge is -2.19. The lowest BCUT2D eigenvalue weighted by molar-refractivity contribution is 0.0844. The van der Waals surface area contributed by atoms with Crippen molar-refractivity contribution in [2.45, 2.75) is 38.0 Å². The van der Waals surface area contributed by atoms with Crippen LogP contribution in [0.5, 0.6) is 0 Å². The molecule has 0 aromatic carbocycles. The van der Waals surface area contributed by atoms with Crippen molar-refractivity contribution in [1.82, 2.24) is 14.6 Å². The largest absolute Gasteiger partial charge is 0.381 e. The van der Waals surface area contributed by atoms with Crippen molar-refractivity contribution in [3.05, 3.63) is 23.0 Å². The van der Waals surface area contributed by atoms with Gasteiger partial charge in [-0.2, -0.15) is 9.61 Å². The average Bonchev–Trinajstić information content (AvgIpc) is 3.18. The Kier molecular flexibility index (Phi) is 3.72. The number of fused-ring (bicyclic) bond motifs is 2. The second-order valence-electron chi connectivity index (χ2n) is 6.18. The SMILES string of the molecule is NCCNc1c2c(nc3cc(C4CCOCC4)nn13)CCC2. The molecule has 2 aromatic heterocycles. The summed E-state index contributed by atoms with van der Waals surface area (Å²) in [5.41, 5.74) is 10.3. The summed E-state index contributed by atoms with van der Waals surface area (Å²) in [5, 5.41) is 8.33. The summed E-state index contributed by atoms with van der Waals surface area (Å²) in [4.78, 5) is 4.84. The van der Waals surface area contributed by atoms with E-state index in [9.17, 15) is 0 Å². The fraction of sp³-hybridized carbons (Fsp3) is 0.625. The van der Waals surface area contributed by atoms with Crippen LogP contribution in [0.2, 0.25) is 0 Å². The van der Waals surface area contributed by atoms with Crippen molar-refractivity contribution in [3.8, 4) is 0 Å². The lowest BCUT2D eigenvalue weighted by atomic mass is 9.97. The van der Waals surface area contributed by atoms with Crippen LogP contribution in [-0.2, 0) is 17.6 Å². The Morgan fingerprint density at radius 3 is 3.00 bits per heavy atom. The van der Waals surface area contributed by atoms with E-state index in [1.165, 1.54) is 17.7 Å². The number of nitrogens with zero attached hydrogens (tertiary/aromatic N) is 3. The molecule has 0 bridgehead atoms. The van der Waals surface area contributed by atoms with Crippen LogP contribution in [0.4, 0.5) is 5.82 Å². The summed E-state index contributed by atoms with van der Waals surface area (Å²) in [6.45, 7) is 3.05. The highest BCUT2D eigenvalue weighted by molar-refractivity contribution is 5.57. The van der Waals surface area contributed by atoms with Crippen LogP contribution in [-0.4, -0.2) is 40.9 Å². The van der Waals surface area contributed by atoms with Gasteiger partial charge < -0.3 is 15.8 Å². The number of anilines is 1. The van der Waals surface area contributed by atoms with Crippen LogP contribution < -0.4 is 11.1 Å². The second-order valence-corrected chi connectivity index (χ2v) is 6.18. The summed E-state index contributed by atoms with van der Waals surface area (Å²) in [6.07, 6.45) is 5.43. The van der Waals surface area contributed by atoms with Gasteiger partial charge in [-0.05, 0) is 32.1 Å². The van der Waals surface area contributed by atoms with Crippen molar-refractivity contribution in [2.24, 2.45) is 5.73 Å². The number of nitrogens with two attached hydrogens (primary N) is 1. The van der Waals surface area contributed by atoms with Gasteiger partial charge in [-0.15, -0.1) is 0 Å². The predicted octanol–water partition coefficient (Wildman–Crippen LogP) is 1.48. The topological polar surface area (TPSA) is 77.5 Å². The van der Waals surface area contributed by atoms with E-state index in [2.05, 4.69) is 11.4 Å². The van der Waals surface area contributed by atoms with Gasteiger partial charge in [-0.25, -0.2) is 4.98 Å². The molecule has 0 spiro atoms. The number of hydrogen-bond donors (Lipinski definition) is 2. The predicted molar refractivity (Wildman–Crippen MR) is 85.4 cm³/mol. The van der Waals surface area contributed by atoms with Gasteiger partial charge in [0.2, 0.25) is 0 Å². The van der Waals surface area contributed by atoms with Gasteiger partial charge in [0.05, 0.1) is 5.69 Å². The molecule has 1 saturated heterocycles. The first kappa shape index (κ1) is 14.0. The Morgan fingerprint density at radius 2 is 2.18 bits per heavy atom. The molecule has 4 rings (SSSR count). The number of aryl methyl sites for hydroxylation is 1. The molecule has 2 aliphatic rings. The first-order valence-electron chi connectivity index (χ1n) is 8.30. The molecule has 0 unspecified atom stereocenters. The minimum absolute atomic E-state index is 0.493. The highest BCUT2D eigenvalue weighted by Crippen LogP contribution is 2.31. The van der Waals surface area contributed by atoms with Crippen LogP contribution in [0.1, 0.15) is 42.1 Å².